The molecule has 0 bridgehead atoms. The highest BCUT2D eigenvalue weighted by atomic mass is 16.7. The Morgan fingerprint density at radius 1 is 1.12 bits per heavy atom. The lowest BCUT2D eigenvalue weighted by Crippen LogP contribution is -2.45. The molecule has 3 aliphatic heterocycles. The van der Waals surface area contributed by atoms with Crippen molar-refractivity contribution in [2.45, 2.75) is 25.0 Å². The molecular weight excluding hydrogens is 306 g/mol. The van der Waals surface area contributed by atoms with Crippen molar-refractivity contribution in [3.8, 4) is 11.5 Å². The molecule has 1 aromatic heterocycles. The van der Waals surface area contributed by atoms with E-state index in [0.717, 1.165) is 37.6 Å². The second-order valence-electron chi connectivity index (χ2n) is 6.80. The van der Waals surface area contributed by atoms with Crippen molar-refractivity contribution < 1.29 is 13.9 Å². The van der Waals surface area contributed by atoms with Crippen LogP contribution in [0.5, 0.6) is 11.5 Å². The first kappa shape index (κ1) is 14.3. The summed E-state index contributed by atoms with van der Waals surface area (Å²) in [6, 6.07) is 9.12. The average molecular weight is 327 g/mol. The van der Waals surface area contributed by atoms with Crippen molar-refractivity contribution in [2.24, 2.45) is 5.92 Å². The molecule has 4 heterocycles. The molecule has 0 spiro atoms. The molecule has 1 aromatic carbocycles. The van der Waals surface area contributed by atoms with E-state index in [2.05, 4.69) is 27.9 Å². The third-order valence-corrected chi connectivity index (χ3v) is 5.34. The summed E-state index contributed by atoms with van der Waals surface area (Å²) in [6.45, 7) is 3.44. The minimum atomic E-state index is 0.289. The number of hydrogen-bond donors (Lipinski definition) is 2. The summed E-state index contributed by atoms with van der Waals surface area (Å²) >= 11 is 0. The van der Waals surface area contributed by atoms with Gasteiger partial charge < -0.3 is 13.9 Å². The normalized spacial score (nSPS) is 28.9. The lowest BCUT2D eigenvalue weighted by Gasteiger charge is -2.36. The van der Waals surface area contributed by atoms with Crippen LogP contribution in [0.3, 0.4) is 0 Å². The molecule has 6 heteroatoms. The molecule has 5 rings (SSSR count). The Kier molecular flexibility index (Phi) is 3.47. The van der Waals surface area contributed by atoms with Crippen molar-refractivity contribution in [3.05, 3.63) is 47.9 Å². The second kappa shape index (κ2) is 5.81. The van der Waals surface area contributed by atoms with Crippen LogP contribution in [0.4, 0.5) is 0 Å². The van der Waals surface area contributed by atoms with Gasteiger partial charge in [-0.25, -0.2) is 5.43 Å². The van der Waals surface area contributed by atoms with Gasteiger partial charge in [-0.1, -0.05) is 6.07 Å². The Hall–Kier alpha value is -2.02. The van der Waals surface area contributed by atoms with E-state index in [9.17, 15) is 0 Å². The van der Waals surface area contributed by atoms with Crippen molar-refractivity contribution in [2.75, 3.05) is 19.9 Å². The maximum absolute atomic E-state index is 5.53. The molecule has 126 valence electrons. The van der Waals surface area contributed by atoms with Crippen LogP contribution >= 0.6 is 0 Å². The second-order valence-corrected chi connectivity index (χ2v) is 6.80. The first-order valence-corrected chi connectivity index (χ1v) is 8.51. The zero-order valence-electron chi connectivity index (χ0n) is 13.4. The zero-order valence-corrected chi connectivity index (χ0v) is 13.4. The Bertz CT molecular complexity index is 718. The number of hydrazine groups is 1. The number of fused-ring (bicyclic) bond motifs is 2. The Balaban J connectivity index is 1.34. The van der Waals surface area contributed by atoms with Gasteiger partial charge in [-0.15, -0.1) is 0 Å². The first-order valence-electron chi connectivity index (χ1n) is 8.51. The van der Waals surface area contributed by atoms with Gasteiger partial charge in [0.25, 0.3) is 0 Å². The molecule has 3 aliphatic rings. The zero-order chi connectivity index (χ0) is 15.9. The third kappa shape index (κ3) is 2.47. The molecule has 3 atom stereocenters. The minimum Gasteiger partial charge on any atom is -0.472 e. The van der Waals surface area contributed by atoms with Gasteiger partial charge in [0.05, 0.1) is 18.6 Å². The smallest absolute Gasteiger partial charge is 0.231 e. The molecule has 3 unspecified atom stereocenters. The monoisotopic (exact) mass is 327 g/mol. The van der Waals surface area contributed by atoms with Gasteiger partial charge in [-0.05, 0) is 30.2 Å². The van der Waals surface area contributed by atoms with Crippen LogP contribution < -0.4 is 20.3 Å². The molecule has 2 N–H and O–H groups in total. The number of hydrogen-bond acceptors (Lipinski definition) is 6. The number of likely N-dealkylation sites (tertiary alicyclic amines) is 1. The highest BCUT2D eigenvalue weighted by Gasteiger charge is 2.40. The van der Waals surface area contributed by atoms with Crippen molar-refractivity contribution in [1.29, 1.82) is 0 Å². The predicted molar refractivity (Wildman–Crippen MR) is 87.5 cm³/mol. The van der Waals surface area contributed by atoms with Crippen LogP contribution in [-0.2, 0) is 6.54 Å². The van der Waals surface area contributed by atoms with Crippen molar-refractivity contribution in [1.82, 2.24) is 15.8 Å². The molecule has 6 nitrogen and oxygen atoms in total. The molecule has 24 heavy (non-hydrogen) atoms. The lowest BCUT2D eigenvalue weighted by atomic mass is 9.85. The SMILES string of the molecule is c1cc(CN2CCC3NNC(c4ccc5c(c4)OCO5)C3C2)co1. The van der Waals surface area contributed by atoms with E-state index in [0.29, 0.717) is 18.8 Å². The molecule has 0 amide bonds. The highest BCUT2D eigenvalue weighted by Crippen LogP contribution is 2.39. The third-order valence-electron chi connectivity index (χ3n) is 5.34. The largest absolute Gasteiger partial charge is 0.472 e. The number of nitrogens with one attached hydrogen (secondary N) is 2. The van der Waals surface area contributed by atoms with E-state index in [-0.39, 0.29) is 6.04 Å². The van der Waals surface area contributed by atoms with E-state index < -0.39 is 0 Å². The Morgan fingerprint density at radius 3 is 3.00 bits per heavy atom. The van der Waals surface area contributed by atoms with E-state index in [1.165, 1.54) is 11.1 Å². The molecule has 2 saturated heterocycles. The molecular formula is C18H21N3O3. The molecule has 0 radical (unpaired) electrons. The van der Waals surface area contributed by atoms with E-state index in [4.69, 9.17) is 13.9 Å². The standard InChI is InChI=1S/C18H21N3O3/c1-2-16-17(24-11-23-16)7-13(1)18-14-9-21(5-3-15(14)19-20-18)8-12-4-6-22-10-12/h1-2,4,6-7,10,14-15,18-20H,3,5,8-9,11H2. The fraction of sp³-hybridized carbons (Fsp3) is 0.444. The topological polar surface area (TPSA) is 58.9 Å². The van der Waals surface area contributed by atoms with E-state index in [1.807, 2.05) is 18.4 Å². The molecule has 0 aliphatic carbocycles. The molecule has 2 fully saturated rings. The summed E-state index contributed by atoms with van der Waals surface area (Å²) in [5, 5.41) is 0. The summed E-state index contributed by atoms with van der Waals surface area (Å²) in [7, 11) is 0. The maximum Gasteiger partial charge on any atom is 0.231 e. The van der Waals surface area contributed by atoms with Crippen molar-refractivity contribution >= 4 is 0 Å². The van der Waals surface area contributed by atoms with E-state index in [1.54, 1.807) is 6.26 Å². The van der Waals surface area contributed by atoms with Gasteiger partial charge in [-0.3, -0.25) is 10.3 Å². The van der Waals surface area contributed by atoms with Crippen LogP contribution in [0.1, 0.15) is 23.6 Å². The minimum absolute atomic E-state index is 0.289. The van der Waals surface area contributed by atoms with Gasteiger partial charge >= 0.3 is 0 Å². The van der Waals surface area contributed by atoms with Gasteiger partial charge in [-0.2, -0.15) is 0 Å². The molecule has 0 saturated carbocycles. The predicted octanol–water partition coefficient (Wildman–Crippen LogP) is 2.05. The summed E-state index contributed by atoms with van der Waals surface area (Å²) in [4.78, 5) is 2.51. The number of piperidine rings is 1. The summed E-state index contributed by atoms with van der Waals surface area (Å²) in [6.07, 6.45) is 4.74. The van der Waals surface area contributed by atoms with Gasteiger partial charge in [0.15, 0.2) is 11.5 Å². The van der Waals surface area contributed by atoms with Gasteiger partial charge in [0.1, 0.15) is 0 Å². The van der Waals surface area contributed by atoms with Crippen molar-refractivity contribution in [3.63, 3.8) is 0 Å². The Labute approximate surface area is 140 Å². The highest BCUT2D eigenvalue weighted by molar-refractivity contribution is 5.45. The number of ether oxygens (including phenoxy) is 2. The fourth-order valence-electron chi connectivity index (χ4n) is 4.09. The van der Waals surface area contributed by atoms with Crippen LogP contribution in [-0.4, -0.2) is 30.8 Å². The van der Waals surface area contributed by atoms with Gasteiger partial charge in [0, 0.05) is 37.2 Å². The number of rotatable bonds is 3. The number of nitrogens with zero attached hydrogens (tertiary/aromatic N) is 1. The van der Waals surface area contributed by atoms with Crippen LogP contribution in [0, 0.1) is 5.92 Å². The quantitative estimate of drug-likeness (QED) is 0.900. The maximum atomic E-state index is 5.53. The number of furan rings is 1. The van der Waals surface area contributed by atoms with Crippen LogP contribution in [0.2, 0.25) is 0 Å². The Morgan fingerprint density at radius 2 is 2.08 bits per heavy atom. The van der Waals surface area contributed by atoms with E-state index >= 15 is 0 Å². The summed E-state index contributed by atoms with van der Waals surface area (Å²) in [5.74, 6) is 2.22. The average Bonchev–Trinajstić information content (AvgIpc) is 3.34. The summed E-state index contributed by atoms with van der Waals surface area (Å²) < 4.78 is 16.2. The van der Waals surface area contributed by atoms with Crippen LogP contribution in [0.25, 0.3) is 0 Å². The van der Waals surface area contributed by atoms with Gasteiger partial charge in [0.2, 0.25) is 6.79 Å². The summed E-state index contributed by atoms with van der Waals surface area (Å²) in [5.41, 5.74) is 9.48. The lowest BCUT2D eigenvalue weighted by molar-refractivity contribution is 0.148. The fourth-order valence-corrected chi connectivity index (χ4v) is 4.09. The molecule has 2 aromatic rings. The number of benzene rings is 1. The first-order chi connectivity index (χ1) is 11.9. The van der Waals surface area contributed by atoms with Crippen LogP contribution in [0.15, 0.2) is 41.2 Å².